The third kappa shape index (κ3) is 4.40. The van der Waals surface area contributed by atoms with Gasteiger partial charge in [0.1, 0.15) is 5.82 Å². The van der Waals surface area contributed by atoms with Crippen LogP contribution < -0.4 is 5.32 Å². The summed E-state index contributed by atoms with van der Waals surface area (Å²) < 4.78 is 55.3. The number of alkyl halides is 3. The molecule has 0 aliphatic rings. The highest BCUT2D eigenvalue weighted by Gasteiger charge is 2.45. The minimum Gasteiger partial charge on any atom is -0.370 e. The predicted octanol–water partition coefficient (Wildman–Crippen LogP) is 3.77. The molecule has 2 heterocycles. The number of rotatable bonds is 8. The van der Waals surface area contributed by atoms with Crippen molar-refractivity contribution in [2.75, 3.05) is 6.67 Å². The zero-order valence-electron chi connectivity index (χ0n) is 16.0. The van der Waals surface area contributed by atoms with E-state index in [1.807, 2.05) is 0 Å². The Morgan fingerprint density at radius 2 is 1.93 bits per heavy atom. The summed E-state index contributed by atoms with van der Waals surface area (Å²) in [5.41, 5.74) is -2.21. The van der Waals surface area contributed by atoms with Crippen LogP contribution in [-0.2, 0) is 12.0 Å². The molecule has 2 atom stereocenters. The third-order valence-electron chi connectivity index (χ3n) is 5.14. The highest BCUT2D eigenvalue weighted by molar-refractivity contribution is 5.78. The van der Waals surface area contributed by atoms with Gasteiger partial charge in [0.15, 0.2) is 5.72 Å². The molecule has 0 radical (unpaired) electrons. The number of aryl methyl sites for hydroxylation is 1. The van der Waals surface area contributed by atoms with Gasteiger partial charge in [-0.1, -0.05) is 13.0 Å². The number of nitrogens with zero attached hydrogens (tertiary/aromatic N) is 2. The lowest BCUT2D eigenvalue weighted by atomic mass is 9.75. The fourth-order valence-electron chi connectivity index (χ4n) is 3.56. The Morgan fingerprint density at radius 1 is 1.21 bits per heavy atom. The maximum absolute atomic E-state index is 14.0. The first-order valence-corrected chi connectivity index (χ1v) is 9.03. The van der Waals surface area contributed by atoms with Crippen LogP contribution in [0, 0.1) is 12.7 Å². The zero-order valence-corrected chi connectivity index (χ0v) is 16.0. The molecule has 0 bridgehead atoms. The van der Waals surface area contributed by atoms with Gasteiger partial charge in [0.2, 0.25) is 0 Å². The van der Waals surface area contributed by atoms with E-state index < -0.39 is 36.5 Å². The van der Waals surface area contributed by atoms with Crippen molar-refractivity contribution in [1.82, 2.24) is 20.5 Å². The van der Waals surface area contributed by atoms with Crippen molar-refractivity contribution in [3.05, 3.63) is 59.3 Å². The number of aliphatic hydroxyl groups is 1. The Labute approximate surface area is 165 Å². The molecule has 9 heteroatoms. The van der Waals surface area contributed by atoms with Gasteiger partial charge in [-0.15, -0.1) is 0 Å². The number of benzene rings is 1. The van der Waals surface area contributed by atoms with Crippen LogP contribution in [0.2, 0.25) is 0 Å². The number of hydrogen-bond acceptors (Lipinski definition) is 4. The van der Waals surface area contributed by atoms with Crippen molar-refractivity contribution in [3.63, 3.8) is 0 Å². The fraction of sp³-hybridized carbons (Fsp3) is 0.400. The van der Waals surface area contributed by atoms with E-state index in [0.717, 1.165) is 11.5 Å². The Balaban J connectivity index is 1.85. The molecule has 0 saturated heterocycles. The van der Waals surface area contributed by atoms with Gasteiger partial charge >= 0.3 is 0 Å². The second-order valence-electron chi connectivity index (χ2n) is 7.56. The first-order valence-electron chi connectivity index (χ1n) is 9.03. The van der Waals surface area contributed by atoms with Gasteiger partial charge in [-0.3, -0.25) is 9.71 Å². The first kappa shape index (κ1) is 21.2. The second kappa shape index (κ2) is 8.08. The summed E-state index contributed by atoms with van der Waals surface area (Å²) in [6.07, 6.45) is -0.844. The Bertz CT molecular complexity index is 963. The topological polar surface area (TPSA) is 73.8 Å². The van der Waals surface area contributed by atoms with Crippen molar-refractivity contribution in [2.45, 2.75) is 44.4 Å². The molecule has 1 aromatic carbocycles. The van der Waals surface area contributed by atoms with Crippen molar-refractivity contribution in [2.24, 2.45) is 0 Å². The molecule has 0 amide bonds. The minimum absolute atomic E-state index is 0.125. The summed E-state index contributed by atoms with van der Waals surface area (Å²) in [5.74, 6) is -0.598. The van der Waals surface area contributed by atoms with E-state index in [9.17, 15) is 22.7 Å². The second-order valence-corrected chi connectivity index (χ2v) is 7.56. The van der Waals surface area contributed by atoms with E-state index in [4.69, 9.17) is 0 Å². The summed E-state index contributed by atoms with van der Waals surface area (Å²) in [4.78, 5) is 2.99. The van der Waals surface area contributed by atoms with E-state index in [1.54, 1.807) is 13.0 Å². The average molecular weight is 410 g/mol. The van der Waals surface area contributed by atoms with Gasteiger partial charge in [0, 0.05) is 29.5 Å². The molecule has 0 saturated carbocycles. The van der Waals surface area contributed by atoms with E-state index in [-0.39, 0.29) is 12.1 Å². The molecule has 3 aromatic rings. The number of nitrogens with one attached hydrogen (secondary N) is 2. The summed E-state index contributed by atoms with van der Waals surface area (Å²) >= 11 is 0. The van der Waals surface area contributed by atoms with Crippen molar-refractivity contribution < 1.29 is 22.7 Å². The lowest BCUT2D eigenvalue weighted by Gasteiger charge is -2.38. The molecule has 5 nitrogen and oxygen atoms in total. The third-order valence-corrected chi connectivity index (χ3v) is 5.14. The molecule has 156 valence electrons. The Kier molecular flexibility index (Phi) is 5.90. The first-order chi connectivity index (χ1) is 13.7. The highest BCUT2D eigenvalue weighted by Crippen LogP contribution is 2.37. The van der Waals surface area contributed by atoms with E-state index in [0.29, 0.717) is 16.8 Å². The quantitative estimate of drug-likeness (QED) is 0.391. The molecular formula is C20H22F4N4O. The van der Waals surface area contributed by atoms with Crippen molar-refractivity contribution in [1.29, 1.82) is 0 Å². The molecule has 0 aliphatic heterocycles. The Hall–Kier alpha value is -2.52. The summed E-state index contributed by atoms with van der Waals surface area (Å²) in [5, 5.41) is 21.3. The van der Waals surface area contributed by atoms with Crippen LogP contribution in [0.5, 0.6) is 0 Å². The smallest absolute Gasteiger partial charge is 0.280 e. The van der Waals surface area contributed by atoms with Crippen LogP contribution in [0.4, 0.5) is 17.6 Å². The fourth-order valence-corrected chi connectivity index (χ4v) is 3.56. The largest absolute Gasteiger partial charge is 0.370 e. The zero-order chi connectivity index (χ0) is 21.2. The predicted molar refractivity (Wildman–Crippen MR) is 101 cm³/mol. The van der Waals surface area contributed by atoms with Crippen LogP contribution in [-0.4, -0.2) is 39.1 Å². The van der Waals surface area contributed by atoms with Gasteiger partial charge in [-0.2, -0.15) is 10.2 Å². The van der Waals surface area contributed by atoms with Gasteiger partial charge in [-0.25, -0.2) is 13.2 Å². The normalized spacial score (nSPS) is 16.1. The minimum atomic E-state index is -3.20. The molecular weight excluding hydrogens is 388 g/mol. The van der Waals surface area contributed by atoms with Crippen LogP contribution >= 0.6 is 0 Å². The van der Waals surface area contributed by atoms with E-state index >= 15 is 0 Å². The summed E-state index contributed by atoms with van der Waals surface area (Å²) in [6, 6.07) is 5.49. The van der Waals surface area contributed by atoms with Crippen molar-refractivity contribution >= 4 is 10.9 Å². The molecule has 29 heavy (non-hydrogen) atoms. The van der Waals surface area contributed by atoms with Gasteiger partial charge in [0.05, 0.1) is 24.6 Å². The lowest BCUT2D eigenvalue weighted by Crippen LogP contribution is -2.55. The van der Waals surface area contributed by atoms with E-state index in [1.165, 1.54) is 31.5 Å². The molecule has 2 aromatic heterocycles. The molecule has 3 N–H and O–H groups in total. The molecule has 3 rings (SSSR count). The lowest BCUT2D eigenvalue weighted by molar-refractivity contribution is -0.136. The number of halogens is 4. The molecule has 0 fully saturated rings. The maximum Gasteiger partial charge on any atom is 0.280 e. The summed E-state index contributed by atoms with van der Waals surface area (Å²) in [7, 11) is 0. The standard InChI is InChI=1S/C20H22F4N4O/c1-12-3-4-14(22)6-16(12)19(2,11-21)10-20(29,18(23)24)25-8-15-5-13-7-26-27-9-17(13)28-15/h3-7,9,18,25,28-29H,8,10-11H2,1-2H3. The number of aromatic nitrogens is 3. The maximum atomic E-state index is 14.0. The van der Waals surface area contributed by atoms with E-state index in [2.05, 4.69) is 20.5 Å². The monoisotopic (exact) mass is 410 g/mol. The van der Waals surface area contributed by atoms with Crippen LogP contribution in [0.1, 0.15) is 30.2 Å². The SMILES string of the molecule is Cc1ccc(F)cc1C(C)(CF)CC(O)(NCc1cc2cnncc2[nH]1)C(F)F. The van der Waals surface area contributed by atoms with Crippen LogP contribution in [0.25, 0.3) is 10.9 Å². The van der Waals surface area contributed by atoms with Gasteiger partial charge < -0.3 is 10.1 Å². The number of aromatic amines is 1. The number of H-pyrrole nitrogens is 1. The van der Waals surface area contributed by atoms with Crippen LogP contribution in [0.15, 0.2) is 36.7 Å². The number of fused-ring (bicyclic) bond motifs is 1. The van der Waals surface area contributed by atoms with Gasteiger partial charge in [0.25, 0.3) is 6.43 Å². The summed E-state index contributed by atoms with van der Waals surface area (Å²) in [6.45, 7) is 1.87. The molecule has 0 spiro atoms. The van der Waals surface area contributed by atoms with Crippen LogP contribution in [0.3, 0.4) is 0 Å². The van der Waals surface area contributed by atoms with Crippen molar-refractivity contribution in [3.8, 4) is 0 Å². The molecule has 2 unspecified atom stereocenters. The highest BCUT2D eigenvalue weighted by atomic mass is 19.3. The van der Waals surface area contributed by atoms with Gasteiger partial charge in [-0.05, 0) is 36.2 Å². The average Bonchev–Trinajstić information content (AvgIpc) is 3.11. The number of hydrogen-bond donors (Lipinski definition) is 3. The Morgan fingerprint density at radius 3 is 2.59 bits per heavy atom. The molecule has 0 aliphatic carbocycles.